The Morgan fingerprint density at radius 2 is 2.12 bits per heavy atom. The molecule has 0 saturated heterocycles. The highest BCUT2D eigenvalue weighted by Gasteiger charge is 2.14. The van der Waals surface area contributed by atoms with Crippen LogP contribution in [0.5, 0.6) is 0 Å². The standard InChI is InChI=1S/C14H25NS/c1-4-7-12(3)11-13(15-9-5-2)14-8-6-10-16-14/h6,8,10,12-13,15H,4-5,7,9,11H2,1-3H3. The number of rotatable bonds is 8. The lowest BCUT2D eigenvalue weighted by molar-refractivity contribution is 0.394. The monoisotopic (exact) mass is 239 g/mol. The third kappa shape index (κ3) is 4.67. The van der Waals surface area contributed by atoms with Gasteiger partial charge in [0.25, 0.3) is 0 Å². The molecule has 1 rings (SSSR count). The van der Waals surface area contributed by atoms with Crippen LogP contribution in [0.4, 0.5) is 0 Å². The van der Waals surface area contributed by atoms with Crippen molar-refractivity contribution in [1.29, 1.82) is 0 Å². The van der Waals surface area contributed by atoms with Crippen molar-refractivity contribution >= 4 is 11.3 Å². The Balaban J connectivity index is 2.50. The van der Waals surface area contributed by atoms with E-state index in [1.54, 1.807) is 0 Å². The molecule has 0 fully saturated rings. The maximum Gasteiger partial charge on any atom is 0.0417 e. The maximum atomic E-state index is 3.67. The lowest BCUT2D eigenvalue weighted by Gasteiger charge is -2.21. The van der Waals surface area contributed by atoms with E-state index in [0.717, 1.165) is 12.5 Å². The minimum atomic E-state index is 0.571. The fourth-order valence-corrected chi connectivity index (χ4v) is 2.94. The molecule has 0 bridgehead atoms. The Morgan fingerprint density at radius 3 is 2.69 bits per heavy atom. The molecule has 0 aromatic carbocycles. The van der Waals surface area contributed by atoms with Gasteiger partial charge in [0.15, 0.2) is 0 Å². The Bertz CT molecular complexity index is 256. The smallest absolute Gasteiger partial charge is 0.0417 e. The van der Waals surface area contributed by atoms with Crippen molar-refractivity contribution in [2.75, 3.05) is 6.54 Å². The average Bonchev–Trinajstić information content (AvgIpc) is 2.77. The minimum Gasteiger partial charge on any atom is -0.309 e. The molecule has 1 nitrogen and oxygen atoms in total. The van der Waals surface area contributed by atoms with Gasteiger partial charge >= 0.3 is 0 Å². The molecule has 0 aliphatic carbocycles. The first-order valence-electron chi connectivity index (χ1n) is 6.54. The van der Waals surface area contributed by atoms with Crippen molar-refractivity contribution in [1.82, 2.24) is 5.32 Å². The molecule has 16 heavy (non-hydrogen) atoms. The lowest BCUT2D eigenvalue weighted by atomic mass is 9.96. The topological polar surface area (TPSA) is 12.0 Å². The first-order chi connectivity index (χ1) is 7.77. The molecule has 2 atom stereocenters. The quantitative estimate of drug-likeness (QED) is 0.698. The van der Waals surface area contributed by atoms with Crippen LogP contribution in [0.2, 0.25) is 0 Å². The molecule has 0 radical (unpaired) electrons. The van der Waals surface area contributed by atoms with Crippen LogP contribution in [0.3, 0.4) is 0 Å². The van der Waals surface area contributed by atoms with Crippen LogP contribution in [0.15, 0.2) is 17.5 Å². The van der Waals surface area contributed by atoms with E-state index >= 15 is 0 Å². The van der Waals surface area contributed by atoms with Gasteiger partial charge in [-0.3, -0.25) is 0 Å². The van der Waals surface area contributed by atoms with E-state index in [1.165, 1.54) is 30.6 Å². The Labute approximate surface area is 104 Å². The molecule has 1 aromatic rings. The van der Waals surface area contributed by atoms with Crippen LogP contribution in [0.1, 0.15) is 57.4 Å². The predicted molar refractivity (Wildman–Crippen MR) is 74.0 cm³/mol. The van der Waals surface area contributed by atoms with E-state index in [9.17, 15) is 0 Å². The average molecular weight is 239 g/mol. The molecule has 92 valence electrons. The van der Waals surface area contributed by atoms with E-state index in [2.05, 4.69) is 43.6 Å². The molecule has 1 N–H and O–H groups in total. The third-order valence-corrected chi connectivity index (χ3v) is 3.93. The second-order valence-electron chi connectivity index (χ2n) is 4.65. The van der Waals surface area contributed by atoms with Crippen LogP contribution in [0.25, 0.3) is 0 Å². The summed E-state index contributed by atoms with van der Waals surface area (Å²) in [6.07, 6.45) is 5.13. The Hall–Kier alpha value is -0.340. The van der Waals surface area contributed by atoms with E-state index in [0.29, 0.717) is 6.04 Å². The van der Waals surface area contributed by atoms with E-state index < -0.39 is 0 Å². The fraction of sp³-hybridized carbons (Fsp3) is 0.714. The summed E-state index contributed by atoms with van der Waals surface area (Å²) in [5.41, 5.74) is 0. The zero-order chi connectivity index (χ0) is 11.8. The highest BCUT2D eigenvalue weighted by molar-refractivity contribution is 7.10. The molecule has 0 aliphatic rings. The van der Waals surface area contributed by atoms with Gasteiger partial charge in [-0.25, -0.2) is 0 Å². The summed E-state index contributed by atoms with van der Waals surface area (Å²) >= 11 is 1.88. The molecule has 2 unspecified atom stereocenters. The highest BCUT2D eigenvalue weighted by Crippen LogP contribution is 2.27. The van der Waals surface area contributed by atoms with Gasteiger partial charge in [0.05, 0.1) is 0 Å². The summed E-state index contributed by atoms with van der Waals surface area (Å²) in [7, 11) is 0. The number of thiophene rings is 1. The summed E-state index contributed by atoms with van der Waals surface area (Å²) in [4.78, 5) is 1.50. The van der Waals surface area contributed by atoms with Crippen molar-refractivity contribution in [2.24, 2.45) is 5.92 Å². The van der Waals surface area contributed by atoms with Gasteiger partial charge in [0, 0.05) is 10.9 Å². The first-order valence-corrected chi connectivity index (χ1v) is 7.42. The van der Waals surface area contributed by atoms with Crippen LogP contribution < -0.4 is 5.32 Å². The van der Waals surface area contributed by atoms with Gasteiger partial charge < -0.3 is 5.32 Å². The minimum absolute atomic E-state index is 0.571. The predicted octanol–water partition coefficient (Wildman–Crippen LogP) is 4.62. The van der Waals surface area contributed by atoms with E-state index in [-0.39, 0.29) is 0 Å². The van der Waals surface area contributed by atoms with Crippen LogP contribution in [-0.2, 0) is 0 Å². The number of nitrogens with one attached hydrogen (secondary N) is 1. The maximum absolute atomic E-state index is 3.67. The lowest BCUT2D eigenvalue weighted by Crippen LogP contribution is -2.23. The zero-order valence-corrected chi connectivity index (χ0v) is 11.6. The zero-order valence-electron chi connectivity index (χ0n) is 10.8. The largest absolute Gasteiger partial charge is 0.309 e. The van der Waals surface area contributed by atoms with Gasteiger partial charge in [0.2, 0.25) is 0 Å². The SMILES string of the molecule is CCCNC(CC(C)CCC)c1cccs1. The summed E-state index contributed by atoms with van der Waals surface area (Å²) in [5, 5.41) is 5.85. The summed E-state index contributed by atoms with van der Waals surface area (Å²) < 4.78 is 0. The Kier molecular flexibility index (Phi) is 6.74. The molecule has 2 heteroatoms. The molecule has 0 aliphatic heterocycles. The molecule has 1 aromatic heterocycles. The van der Waals surface area contributed by atoms with Crippen molar-refractivity contribution < 1.29 is 0 Å². The summed E-state index contributed by atoms with van der Waals surface area (Å²) in [6.45, 7) is 8.00. The van der Waals surface area contributed by atoms with Gasteiger partial charge in [-0.2, -0.15) is 0 Å². The van der Waals surface area contributed by atoms with Crippen molar-refractivity contribution in [3.8, 4) is 0 Å². The third-order valence-electron chi connectivity index (χ3n) is 2.95. The summed E-state index contributed by atoms with van der Waals surface area (Å²) in [5.74, 6) is 0.821. The normalized spacial score (nSPS) is 14.9. The number of hydrogen-bond acceptors (Lipinski definition) is 2. The van der Waals surface area contributed by atoms with Gasteiger partial charge in [-0.1, -0.05) is 39.7 Å². The second kappa shape index (κ2) is 7.86. The molecule has 1 heterocycles. The van der Waals surface area contributed by atoms with Crippen LogP contribution >= 0.6 is 11.3 Å². The molecular formula is C14H25NS. The number of hydrogen-bond donors (Lipinski definition) is 1. The highest BCUT2D eigenvalue weighted by atomic mass is 32.1. The molecule has 0 spiro atoms. The van der Waals surface area contributed by atoms with Crippen molar-refractivity contribution in [2.45, 2.75) is 52.5 Å². The van der Waals surface area contributed by atoms with Gasteiger partial charge in [-0.05, 0) is 36.8 Å². The first kappa shape index (κ1) is 13.7. The van der Waals surface area contributed by atoms with Gasteiger partial charge in [0.1, 0.15) is 0 Å². The van der Waals surface area contributed by atoms with E-state index in [1.807, 2.05) is 11.3 Å². The van der Waals surface area contributed by atoms with Crippen molar-refractivity contribution in [3.05, 3.63) is 22.4 Å². The summed E-state index contributed by atoms with van der Waals surface area (Å²) in [6, 6.07) is 4.99. The second-order valence-corrected chi connectivity index (χ2v) is 5.63. The fourth-order valence-electron chi connectivity index (χ4n) is 2.12. The Morgan fingerprint density at radius 1 is 1.31 bits per heavy atom. The van der Waals surface area contributed by atoms with Crippen molar-refractivity contribution in [3.63, 3.8) is 0 Å². The van der Waals surface area contributed by atoms with Gasteiger partial charge in [-0.15, -0.1) is 11.3 Å². The molecule has 0 saturated carbocycles. The van der Waals surface area contributed by atoms with Crippen LogP contribution in [0, 0.1) is 5.92 Å². The van der Waals surface area contributed by atoms with E-state index in [4.69, 9.17) is 0 Å². The molecular weight excluding hydrogens is 214 g/mol. The van der Waals surface area contributed by atoms with Crippen LogP contribution in [-0.4, -0.2) is 6.54 Å². The molecule has 0 amide bonds.